The average Bonchev–Trinajstić information content (AvgIpc) is 2.13. The maximum atomic E-state index is 11.8. The quantitative estimate of drug-likeness (QED) is 0.786. The molecular weight excluding hydrogens is 229 g/mol. The lowest BCUT2D eigenvalue weighted by Gasteiger charge is -2.31. The Morgan fingerprint density at radius 3 is 2.80 bits per heavy atom. The Morgan fingerprint density at radius 1 is 1.60 bits per heavy atom. The van der Waals surface area contributed by atoms with Crippen molar-refractivity contribution in [2.45, 2.75) is 18.5 Å². The van der Waals surface area contributed by atoms with Gasteiger partial charge >= 0.3 is 5.51 Å². The van der Waals surface area contributed by atoms with Crippen LogP contribution < -0.4 is 5.32 Å². The number of thioether (sulfide) groups is 1. The first-order chi connectivity index (χ1) is 6.88. The highest BCUT2D eigenvalue weighted by Crippen LogP contribution is 2.30. The second-order valence-corrected chi connectivity index (χ2v) is 4.47. The molecule has 0 aromatic carbocycles. The highest BCUT2D eigenvalue weighted by atomic mass is 32.2. The third-order valence-electron chi connectivity index (χ3n) is 2.08. The zero-order valence-electron chi connectivity index (χ0n) is 8.30. The van der Waals surface area contributed by atoms with E-state index >= 15 is 0 Å². The molecule has 3 nitrogen and oxygen atoms in total. The molecule has 88 valence electrons. The molecule has 0 aromatic rings. The van der Waals surface area contributed by atoms with E-state index in [1.807, 2.05) is 6.92 Å². The van der Waals surface area contributed by atoms with Crippen molar-refractivity contribution in [2.75, 3.05) is 25.4 Å². The number of piperazine rings is 1. The van der Waals surface area contributed by atoms with Gasteiger partial charge in [-0.2, -0.15) is 13.2 Å². The van der Waals surface area contributed by atoms with E-state index in [-0.39, 0.29) is 17.8 Å². The van der Waals surface area contributed by atoms with Gasteiger partial charge in [0.25, 0.3) is 0 Å². The van der Waals surface area contributed by atoms with E-state index in [1.165, 1.54) is 4.90 Å². The minimum Gasteiger partial charge on any atom is -0.339 e. The van der Waals surface area contributed by atoms with Crippen molar-refractivity contribution in [2.24, 2.45) is 0 Å². The van der Waals surface area contributed by atoms with Gasteiger partial charge in [0.2, 0.25) is 5.91 Å². The Balaban J connectivity index is 2.33. The largest absolute Gasteiger partial charge is 0.442 e. The second-order valence-electron chi connectivity index (χ2n) is 3.43. The van der Waals surface area contributed by atoms with Crippen LogP contribution in [0.2, 0.25) is 0 Å². The Labute approximate surface area is 90.4 Å². The molecule has 1 atom stereocenters. The normalized spacial score (nSPS) is 22.9. The maximum Gasteiger partial charge on any atom is 0.442 e. The summed E-state index contributed by atoms with van der Waals surface area (Å²) >= 11 is -0.275. The van der Waals surface area contributed by atoms with Crippen LogP contribution in [0.4, 0.5) is 13.2 Å². The smallest absolute Gasteiger partial charge is 0.339 e. The van der Waals surface area contributed by atoms with Crippen LogP contribution in [0.3, 0.4) is 0 Å². The lowest BCUT2D eigenvalue weighted by atomic mass is 10.2. The van der Waals surface area contributed by atoms with Gasteiger partial charge in [0.1, 0.15) is 0 Å². The van der Waals surface area contributed by atoms with E-state index in [4.69, 9.17) is 0 Å². The predicted octanol–water partition coefficient (Wildman–Crippen LogP) is 1.06. The first-order valence-corrected chi connectivity index (χ1v) is 5.59. The molecule has 1 fully saturated rings. The van der Waals surface area contributed by atoms with Crippen LogP contribution in [0.25, 0.3) is 0 Å². The van der Waals surface area contributed by atoms with Crippen LogP contribution in [0.15, 0.2) is 0 Å². The fourth-order valence-electron chi connectivity index (χ4n) is 1.39. The third-order valence-corrected chi connectivity index (χ3v) is 2.80. The van der Waals surface area contributed by atoms with E-state index in [1.54, 1.807) is 0 Å². The molecule has 0 aliphatic carbocycles. The second kappa shape index (κ2) is 5.07. The molecule has 0 spiro atoms. The summed E-state index contributed by atoms with van der Waals surface area (Å²) in [6.45, 7) is 3.51. The SMILES string of the molecule is C[C@@H]1CN(C(=O)CSC(F)(F)F)CCN1. The molecule has 1 rings (SSSR count). The highest BCUT2D eigenvalue weighted by molar-refractivity contribution is 8.00. The molecule has 1 aliphatic rings. The summed E-state index contributed by atoms with van der Waals surface area (Å²) in [7, 11) is 0. The van der Waals surface area contributed by atoms with Crippen LogP contribution in [0.1, 0.15) is 6.92 Å². The van der Waals surface area contributed by atoms with E-state index in [0.29, 0.717) is 19.6 Å². The summed E-state index contributed by atoms with van der Waals surface area (Å²) in [6.07, 6.45) is 0. The monoisotopic (exact) mass is 242 g/mol. The lowest BCUT2D eigenvalue weighted by Crippen LogP contribution is -2.51. The van der Waals surface area contributed by atoms with E-state index < -0.39 is 17.2 Å². The Hall–Kier alpha value is -0.430. The summed E-state index contributed by atoms with van der Waals surface area (Å²) in [4.78, 5) is 12.8. The maximum absolute atomic E-state index is 11.8. The zero-order chi connectivity index (χ0) is 11.5. The molecule has 0 saturated carbocycles. The molecule has 1 N–H and O–H groups in total. The molecule has 0 aromatic heterocycles. The van der Waals surface area contributed by atoms with Crippen LogP contribution in [0, 0.1) is 0 Å². The molecule has 0 radical (unpaired) electrons. The molecule has 0 bridgehead atoms. The molecule has 1 heterocycles. The number of carbonyl (C=O) groups excluding carboxylic acids is 1. The highest BCUT2D eigenvalue weighted by Gasteiger charge is 2.31. The van der Waals surface area contributed by atoms with Gasteiger partial charge in [0.15, 0.2) is 0 Å². The number of nitrogens with zero attached hydrogens (tertiary/aromatic N) is 1. The predicted molar refractivity (Wildman–Crippen MR) is 52.6 cm³/mol. The number of hydrogen-bond donors (Lipinski definition) is 1. The summed E-state index contributed by atoms with van der Waals surface area (Å²) in [6, 6.07) is 0.151. The van der Waals surface area contributed by atoms with E-state index in [2.05, 4.69) is 5.32 Å². The number of amides is 1. The number of alkyl halides is 3. The molecule has 1 saturated heterocycles. The van der Waals surface area contributed by atoms with Gasteiger partial charge in [0.05, 0.1) is 5.75 Å². The number of halogens is 3. The van der Waals surface area contributed by atoms with Crippen molar-refractivity contribution in [1.82, 2.24) is 10.2 Å². The summed E-state index contributed by atoms with van der Waals surface area (Å²) in [5.74, 6) is -0.957. The molecule has 7 heteroatoms. The van der Waals surface area contributed by atoms with Gasteiger partial charge < -0.3 is 10.2 Å². The summed E-state index contributed by atoms with van der Waals surface area (Å²) in [5.41, 5.74) is -4.32. The van der Waals surface area contributed by atoms with Gasteiger partial charge in [-0.05, 0) is 18.7 Å². The van der Waals surface area contributed by atoms with Gasteiger partial charge in [0, 0.05) is 25.7 Å². The van der Waals surface area contributed by atoms with E-state index in [0.717, 1.165) is 0 Å². The van der Waals surface area contributed by atoms with Crippen molar-refractivity contribution in [3.8, 4) is 0 Å². The fraction of sp³-hybridized carbons (Fsp3) is 0.875. The third kappa shape index (κ3) is 4.74. The van der Waals surface area contributed by atoms with Gasteiger partial charge in [-0.15, -0.1) is 0 Å². The Morgan fingerprint density at radius 2 is 2.27 bits per heavy atom. The Kier molecular flexibility index (Phi) is 4.27. The standard InChI is InChI=1S/C8H13F3N2OS/c1-6-4-13(3-2-12-6)7(14)5-15-8(9,10)11/h6,12H,2-5H2,1H3/t6-/m1/s1. The average molecular weight is 242 g/mol. The van der Waals surface area contributed by atoms with Crippen LogP contribution in [0.5, 0.6) is 0 Å². The van der Waals surface area contributed by atoms with Crippen molar-refractivity contribution < 1.29 is 18.0 Å². The van der Waals surface area contributed by atoms with Crippen LogP contribution in [-0.2, 0) is 4.79 Å². The fourth-order valence-corrected chi connectivity index (χ4v) is 1.86. The number of rotatable bonds is 2. The van der Waals surface area contributed by atoms with Crippen molar-refractivity contribution in [3.63, 3.8) is 0 Å². The summed E-state index contributed by atoms with van der Waals surface area (Å²) < 4.78 is 35.5. The first-order valence-electron chi connectivity index (χ1n) is 4.60. The topological polar surface area (TPSA) is 32.3 Å². The van der Waals surface area contributed by atoms with Crippen molar-refractivity contribution >= 4 is 17.7 Å². The Bertz CT molecular complexity index is 234. The molecule has 15 heavy (non-hydrogen) atoms. The van der Waals surface area contributed by atoms with Gasteiger partial charge in [-0.25, -0.2) is 0 Å². The van der Waals surface area contributed by atoms with E-state index in [9.17, 15) is 18.0 Å². The first kappa shape index (κ1) is 12.6. The van der Waals surface area contributed by atoms with Crippen molar-refractivity contribution in [3.05, 3.63) is 0 Å². The summed E-state index contributed by atoms with van der Waals surface area (Å²) in [5, 5.41) is 3.12. The van der Waals surface area contributed by atoms with Crippen LogP contribution in [-0.4, -0.2) is 47.7 Å². The molecule has 1 amide bonds. The number of nitrogens with one attached hydrogen (secondary N) is 1. The van der Waals surface area contributed by atoms with Gasteiger partial charge in [-0.1, -0.05) is 0 Å². The minimum atomic E-state index is -4.32. The lowest BCUT2D eigenvalue weighted by molar-refractivity contribution is -0.129. The van der Waals surface area contributed by atoms with Gasteiger partial charge in [-0.3, -0.25) is 4.79 Å². The zero-order valence-corrected chi connectivity index (χ0v) is 9.12. The molecule has 0 unspecified atom stereocenters. The number of hydrogen-bond acceptors (Lipinski definition) is 3. The molecule has 1 aliphatic heterocycles. The minimum absolute atomic E-state index is 0.151. The van der Waals surface area contributed by atoms with Crippen molar-refractivity contribution in [1.29, 1.82) is 0 Å². The van der Waals surface area contributed by atoms with Crippen LogP contribution >= 0.6 is 11.8 Å². The number of carbonyl (C=O) groups is 1. The molecular formula is C8H13F3N2OS.